The van der Waals surface area contributed by atoms with Crippen LogP contribution in [0, 0.1) is 0 Å². The highest BCUT2D eigenvalue weighted by atomic mass is 35.5. The SMILES string of the molecule is O=C(O)c1cc(CNc2cc(Cl)c3c(c2)OCCO3)ccn1. The van der Waals surface area contributed by atoms with E-state index in [0.717, 1.165) is 11.3 Å². The molecule has 3 rings (SSSR count). The lowest BCUT2D eigenvalue weighted by Crippen LogP contribution is -2.16. The zero-order chi connectivity index (χ0) is 15.5. The second-order valence-electron chi connectivity index (χ2n) is 4.69. The number of rotatable bonds is 4. The van der Waals surface area contributed by atoms with Crippen LogP contribution in [0.3, 0.4) is 0 Å². The minimum Gasteiger partial charge on any atom is -0.486 e. The predicted molar refractivity (Wildman–Crippen MR) is 81.0 cm³/mol. The van der Waals surface area contributed by atoms with Crippen molar-refractivity contribution in [3.8, 4) is 11.5 Å². The van der Waals surface area contributed by atoms with Crippen molar-refractivity contribution >= 4 is 23.3 Å². The van der Waals surface area contributed by atoms with Crippen molar-refractivity contribution in [3.63, 3.8) is 0 Å². The van der Waals surface area contributed by atoms with Gasteiger partial charge in [-0.1, -0.05) is 11.6 Å². The summed E-state index contributed by atoms with van der Waals surface area (Å²) in [5.74, 6) is 0.0990. The number of benzene rings is 1. The molecule has 1 aliphatic rings. The molecule has 2 aromatic rings. The van der Waals surface area contributed by atoms with E-state index >= 15 is 0 Å². The molecule has 114 valence electrons. The maximum atomic E-state index is 10.9. The highest BCUT2D eigenvalue weighted by molar-refractivity contribution is 6.32. The van der Waals surface area contributed by atoms with Gasteiger partial charge in [0.15, 0.2) is 11.5 Å². The van der Waals surface area contributed by atoms with E-state index in [2.05, 4.69) is 10.3 Å². The number of ether oxygens (including phenoxy) is 2. The van der Waals surface area contributed by atoms with Crippen LogP contribution in [-0.4, -0.2) is 29.3 Å². The second kappa shape index (κ2) is 6.11. The second-order valence-corrected chi connectivity index (χ2v) is 5.10. The molecule has 0 amide bonds. The summed E-state index contributed by atoms with van der Waals surface area (Å²) < 4.78 is 11.0. The molecule has 0 fully saturated rings. The molecule has 0 radical (unpaired) electrons. The van der Waals surface area contributed by atoms with Crippen LogP contribution in [0.5, 0.6) is 11.5 Å². The van der Waals surface area contributed by atoms with Crippen molar-refractivity contribution in [1.82, 2.24) is 4.98 Å². The number of carbonyl (C=O) groups is 1. The van der Waals surface area contributed by atoms with E-state index in [1.807, 2.05) is 0 Å². The summed E-state index contributed by atoms with van der Waals surface area (Å²) >= 11 is 6.16. The lowest BCUT2D eigenvalue weighted by atomic mass is 10.2. The quantitative estimate of drug-likeness (QED) is 0.901. The Morgan fingerprint density at radius 2 is 2.14 bits per heavy atom. The van der Waals surface area contributed by atoms with Gasteiger partial charge in [-0.2, -0.15) is 0 Å². The first kappa shape index (κ1) is 14.5. The van der Waals surface area contributed by atoms with Gasteiger partial charge in [0.2, 0.25) is 0 Å². The zero-order valence-electron chi connectivity index (χ0n) is 11.5. The van der Waals surface area contributed by atoms with Crippen molar-refractivity contribution in [3.05, 3.63) is 46.7 Å². The molecule has 0 bridgehead atoms. The molecule has 0 atom stereocenters. The molecule has 22 heavy (non-hydrogen) atoms. The van der Waals surface area contributed by atoms with Gasteiger partial charge < -0.3 is 19.9 Å². The number of carboxylic acids is 1. The Morgan fingerprint density at radius 1 is 1.32 bits per heavy atom. The number of halogens is 1. The monoisotopic (exact) mass is 320 g/mol. The van der Waals surface area contributed by atoms with Crippen molar-refractivity contribution in [1.29, 1.82) is 0 Å². The number of pyridine rings is 1. The van der Waals surface area contributed by atoms with E-state index in [0.29, 0.717) is 36.3 Å². The highest BCUT2D eigenvalue weighted by Crippen LogP contribution is 2.39. The fourth-order valence-corrected chi connectivity index (χ4v) is 2.38. The third-order valence-electron chi connectivity index (χ3n) is 3.14. The average molecular weight is 321 g/mol. The molecular formula is C15H13ClN2O4. The average Bonchev–Trinajstić information content (AvgIpc) is 2.53. The third kappa shape index (κ3) is 3.07. The van der Waals surface area contributed by atoms with Crippen molar-refractivity contribution < 1.29 is 19.4 Å². The van der Waals surface area contributed by atoms with Gasteiger partial charge in [0, 0.05) is 24.5 Å². The molecule has 1 aromatic heterocycles. The van der Waals surface area contributed by atoms with Crippen LogP contribution >= 0.6 is 11.6 Å². The van der Waals surface area contributed by atoms with E-state index in [9.17, 15) is 4.79 Å². The number of nitrogens with zero attached hydrogens (tertiary/aromatic N) is 1. The molecule has 6 nitrogen and oxygen atoms in total. The van der Waals surface area contributed by atoms with Gasteiger partial charge in [0.25, 0.3) is 0 Å². The Morgan fingerprint density at radius 3 is 2.95 bits per heavy atom. The van der Waals surface area contributed by atoms with Gasteiger partial charge in [-0.15, -0.1) is 0 Å². The molecule has 0 unspecified atom stereocenters. The number of anilines is 1. The number of fused-ring (bicyclic) bond motifs is 1. The van der Waals surface area contributed by atoms with Gasteiger partial charge in [-0.05, 0) is 23.8 Å². The summed E-state index contributed by atoms with van der Waals surface area (Å²) in [7, 11) is 0. The first-order chi connectivity index (χ1) is 10.6. The predicted octanol–water partition coefficient (Wildman–Crippen LogP) is 2.82. The van der Waals surface area contributed by atoms with Crippen LogP contribution in [0.25, 0.3) is 0 Å². The molecule has 0 saturated carbocycles. The Bertz CT molecular complexity index is 721. The van der Waals surface area contributed by atoms with E-state index in [-0.39, 0.29) is 5.69 Å². The molecular weight excluding hydrogens is 308 g/mol. The summed E-state index contributed by atoms with van der Waals surface area (Å²) in [6.45, 7) is 1.41. The number of nitrogens with one attached hydrogen (secondary N) is 1. The number of aromatic carboxylic acids is 1. The standard InChI is InChI=1S/C15H13ClN2O4/c16-11-6-10(7-13-14(11)22-4-3-21-13)18-8-9-1-2-17-12(5-9)15(19)20/h1-2,5-7,18H,3-4,8H2,(H,19,20). The van der Waals surface area contributed by atoms with E-state index < -0.39 is 5.97 Å². The fourth-order valence-electron chi connectivity index (χ4n) is 2.12. The van der Waals surface area contributed by atoms with Gasteiger partial charge in [0.05, 0.1) is 5.02 Å². The summed E-state index contributed by atoms with van der Waals surface area (Å²) in [6, 6.07) is 6.82. The molecule has 1 aromatic carbocycles. The Kier molecular flexibility index (Phi) is 4.02. The summed E-state index contributed by atoms with van der Waals surface area (Å²) in [5, 5.41) is 12.6. The third-order valence-corrected chi connectivity index (χ3v) is 3.42. The summed E-state index contributed by atoms with van der Waals surface area (Å²) in [6.07, 6.45) is 1.47. The Labute approximate surface area is 131 Å². The first-order valence-electron chi connectivity index (χ1n) is 6.65. The molecule has 7 heteroatoms. The smallest absolute Gasteiger partial charge is 0.354 e. The molecule has 0 spiro atoms. The van der Waals surface area contributed by atoms with Crippen molar-refractivity contribution in [2.45, 2.75) is 6.54 Å². The summed E-state index contributed by atoms with van der Waals surface area (Å²) in [5.41, 5.74) is 1.58. The van der Waals surface area contributed by atoms with Gasteiger partial charge >= 0.3 is 5.97 Å². The molecule has 2 heterocycles. The van der Waals surface area contributed by atoms with Crippen LogP contribution in [0.1, 0.15) is 16.1 Å². The fraction of sp³-hybridized carbons (Fsp3) is 0.200. The molecule has 0 saturated heterocycles. The lowest BCUT2D eigenvalue weighted by Gasteiger charge is -2.20. The largest absolute Gasteiger partial charge is 0.486 e. The molecule has 1 aliphatic heterocycles. The molecule has 2 N–H and O–H groups in total. The van der Waals surface area contributed by atoms with Crippen LogP contribution < -0.4 is 14.8 Å². The minimum atomic E-state index is -1.05. The van der Waals surface area contributed by atoms with Crippen LogP contribution in [-0.2, 0) is 6.54 Å². The minimum absolute atomic E-state index is 0.0134. The highest BCUT2D eigenvalue weighted by Gasteiger charge is 2.16. The van der Waals surface area contributed by atoms with E-state index in [1.54, 1.807) is 18.2 Å². The normalized spacial score (nSPS) is 12.8. The number of carboxylic acid groups (broad SMARTS) is 1. The van der Waals surface area contributed by atoms with Gasteiger partial charge in [-0.3, -0.25) is 0 Å². The maximum Gasteiger partial charge on any atom is 0.354 e. The van der Waals surface area contributed by atoms with E-state index in [1.165, 1.54) is 12.3 Å². The van der Waals surface area contributed by atoms with Crippen molar-refractivity contribution in [2.75, 3.05) is 18.5 Å². The number of hydrogen-bond acceptors (Lipinski definition) is 5. The van der Waals surface area contributed by atoms with E-state index in [4.69, 9.17) is 26.2 Å². The van der Waals surface area contributed by atoms with Crippen LogP contribution in [0.4, 0.5) is 5.69 Å². The van der Waals surface area contributed by atoms with Crippen LogP contribution in [0.2, 0.25) is 5.02 Å². The topological polar surface area (TPSA) is 80.7 Å². The zero-order valence-corrected chi connectivity index (χ0v) is 12.3. The summed E-state index contributed by atoms with van der Waals surface area (Å²) in [4.78, 5) is 14.7. The number of hydrogen-bond donors (Lipinski definition) is 2. The molecule has 0 aliphatic carbocycles. The van der Waals surface area contributed by atoms with Gasteiger partial charge in [0.1, 0.15) is 18.9 Å². The Balaban J connectivity index is 1.75. The maximum absolute atomic E-state index is 10.9. The number of aromatic nitrogens is 1. The Hall–Kier alpha value is -2.47. The van der Waals surface area contributed by atoms with Crippen LogP contribution in [0.15, 0.2) is 30.5 Å². The van der Waals surface area contributed by atoms with Gasteiger partial charge in [-0.25, -0.2) is 9.78 Å². The van der Waals surface area contributed by atoms with Crippen molar-refractivity contribution in [2.24, 2.45) is 0 Å². The first-order valence-corrected chi connectivity index (χ1v) is 7.02. The lowest BCUT2D eigenvalue weighted by molar-refractivity contribution is 0.0690.